The van der Waals surface area contributed by atoms with E-state index in [1.807, 2.05) is 0 Å². The van der Waals surface area contributed by atoms with E-state index in [9.17, 15) is 8.42 Å². The number of alkyl halides is 1. The van der Waals surface area contributed by atoms with Crippen LogP contribution in [0.4, 0.5) is 0 Å². The van der Waals surface area contributed by atoms with Crippen LogP contribution in [0.1, 0.15) is 33.1 Å². The van der Waals surface area contributed by atoms with Crippen LogP contribution in [0.5, 0.6) is 0 Å². The molecule has 0 aliphatic rings. The second-order valence-corrected chi connectivity index (χ2v) is 6.62. The highest BCUT2D eigenvalue weighted by molar-refractivity contribution is 9.10. The smallest absolute Gasteiger partial charge is 0.215 e. The monoisotopic (exact) mass is 271 g/mol. The third kappa shape index (κ3) is 8.71. The Labute approximate surface area is 89.5 Å². The minimum absolute atomic E-state index is 0.00974. The molecule has 0 unspecified atom stereocenters. The summed E-state index contributed by atoms with van der Waals surface area (Å²) >= 11 is 2.91. The van der Waals surface area contributed by atoms with Crippen molar-refractivity contribution in [2.45, 2.75) is 33.1 Å². The SMILES string of the molecule is CC(C)CCCCNS(=O)(=O)CBr. The number of hydrogen-bond donors (Lipinski definition) is 1. The molecule has 0 radical (unpaired) electrons. The lowest BCUT2D eigenvalue weighted by Crippen LogP contribution is -2.25. The van der Waals surface area contributed by atoms with E-state index in [0.717, 1.165) is 19.3 Å². The van der Waals surface area contributed by atoms with Crippen molar-refractivity contribution in [3.63, 3.8) is 0 Å². The Morgan fingerprint density at radius 1 is 1.31 bits per heavy atom. The zero-order valence-corrected chi connectivity index (χ0v) is 10.6. The molecule has 0 aromatic carbocycles. The molecule has 0 saturated heterocycles. The van der Waals surface area contributed by atoms with E-state index in [1.165, 1.54) is 0 Å². The molecule has 0 aliphatic carbocycles. The summed E-state index contributed by atoms with van der Waals surface area (Å²) in [6, 6.07) is 0. The molecule has 0 aliphatic heterocycles. The van der Waals surface area contributed by atoms with Gasteiger partial charge in [0, 0.05) is 6.54 Å². The molecule has 13 heavy (non-hydrogen) atoms. The Balaban J connectivity index is 3.37. The maximum atomic E-state index is 10.9. The topological polar surface area (TPSA) is 46.2 Å². The van der Waals surface area contributed by atoms with E-state index in [4.69, 9.17) is 0 Å². The third-order valence-corrected chi connectivity index (χ3v) is 4.41. The van der Waals surface area contributed by atoms with Crippen molar-refractivity contribution >= 4 is 26.0 Å². The third-order valence-electron chi connectivity index (χ3n) is 1.67. The summed E-state index contributed by atoms with van der Waals surface area (Å²) in [7, 11) is -3.05. The van der Waals surface area contributed by atoms with Gasteiger partial charge < -0.3 is 0 Å². The summed E-state index contributed by atoms with van der Waals surface area (Å²) in [4.78, 5) is 0. The van der Waals surface area contributed by atoms with Crippen LogP contribution < -0.4 is 4.72 Å². The average molecular weight is 272 g/mol. The van der Waals surface area contributed by atoms with Crippen LogP contribution in [-0.2, 0) is 10.0 Å². The normalized spacial score (nSPS) is 12.3. The van der Waals surface area contributed by atoms with E-state index in [-0.39, 0.29) is 4.66 Å². The first-order valence-electron chi connectivity index (χ1n) is 4.51. The van der Waals surface area contributed by atoms with Crippen molar-refractivity contribution in [1.82, 2.24) is 4.72 Å². The molecule has 0 saturated carbocycles. The van der Waals surface area contributed by atoms with Gasteiger partial charge in [-0.05, 0) is 12.3 Å². The fourth-order valence-electron chi connectivity index (χ4n) is 0.944. The summed E-state index contributed by atoms with van der Waals surface area (Å²) in [6.07, 6.45) is 3.17. The van der Waals surface area contributed by atoms with Gasteiger partial charge >= 0.3 is 0 Å². The Morgan fingerprint density at radius 3 is 2.38 bits per heavy atom. The minimum Gasteiger partial charge on any atom is -0.215 e. The molecule has 0 spiro atoms. The van der Waals surface area contributed by atoms with Crippen molar-refractivity contribution in [3.8, 4) is 0 Å². The Morgan fingerprint density at radius 2 is 1.92 bits per heavy atom. The Kier molecular flexibility index (Phi) is 6.99. The van der Waals surface area contributed by atoms with Gasteiger partial charge in [0.2, 0.25) is 10.0 Å². The van der Waals surface area contributed by atoms with Crippen LogP contribution in [0.3, 0.4) is 0 Å². The average Bonchev–Trinajstić information content (AvgIpc) is 2.03. The van der Waals surface area contributed by atoms with Crippen LogP contribution in [0.15, 0.2) is 0 Å². The van der Waals surface area contributed by atoms with E-state index in [1.54, 1.807) is 0 Å². The van der Waals surface area contributed by atoms with Gasteiger partial charge in [-0.15, -0.1) is 0 Å². The number of halogens is 1. The van der Waals surface area contributed by atoms with E-state index in [2.05, 4.69) is 34.5 Å². The zero-order chi connectivity index (χ0) is 10.3. The second-order valence-electron chi connectivity index (χ2n) is 3.51. The summed E-state index contributed by atoms with van der Waals surface area (Å²) in [6.45, 7) is 4.89. The van der Waals surface area contributed by atoms with E-state index in [0.29, 0.717) is 12.5 Å². The van der Waals surface area contributed by atoms with Gasteiger partial charge in [-0.3, -0.25) is 0 Å². The van der Waals surface area contributed by atoms with Gasteiger partial charge in [-0.25, -0.2) is 13.1 Å². The molecule has 0 bridgehead atoms. The van der Waals surface area contributed by atoms with Gasteiger partial charge in [-0.2, -0.15) is 0 Å². The predicted octanol–water partition coefficient (Wildman–Crippen LogP) is 2.08. The van der Waals surface area contributed by atoms with Crippen LogP contribution in [0.25, 0.3) is 0 Å². The van der Waals surface area contributed by atoms with Crippen LogP contribution >= 0.6 is 15.9 Å². The minimum atomic E-state index is -3.05. The molecule has 0 atom stereocenters. The van der Waals surface area contributed by atoms with Gasteiger partial charge in [-0.1, -0.05) is 42.6 Å². The number of hydrogen-bond acceptors (Lipinski definition) is 2. The molecule has 0 aromatic heterocycles. The number of sulfonamides is 1. The fraction of sp³-hybridized carbons (Fsp3) is 1.00. The van der Waals surface area contributed by atoms with E-state index < -0.39 is 10.0 Å². The largest absolute Gasteiger partial charge is 0.221 e. The number of nitrogens with one attached hydrogen (secondary N) is 1. The summed E-state index contributed by atoms with van der Waals surface area (Å²) in [5.74, 6) is 0.702. The van der Waals surface area contributed by atoms with Crippen molar-refractivity contribution in [2.24, 2.45) is 5.92 Å². The molecule has 0 fully saturated rings. The van der Waals surface area contributed by atoms with Crippen LogP contribution in [0.2, 0.25) is 0 Å². The zero-order valence-electron chi connectivity index (χ0n) is 8.22. The first kappa shape index (κ1) is 13.4. The quantitative estimate of drug-likeness (QED) is 0.569. The summed E-state index contributed by atoms with van der Waals surface area (Å²) in [5.41, 5.74) is 0. The van der Waals surface area contributed by atoms with Gasteiger partial charge in [0.05, 0.1) is 0 Å². The lowest BCUT2D eigenvalue weighted by Gasteiger charge is -2.05. The molecule has 1 N–H and O–H groups in total. The van der Waals surface area contributed by atoms with Crippen molar-refractivity contribution in [1.29, 1.82) is 0 Å². The molecule has 3 nitrogen and oxygen atoms in total. The maximum Gasteiger partial charge on any atom is 0.221 e. The first-order valence-corrected chi connectivity index (χ1v) is 7.28. The Bertz CT molecular complexity index is 214. The molecule has 80 valence electrons. The molecule has 0 rings (SSSR count). The summed E-state index contributed by atoms with van der Waals surface area (Å²) < 4.78 is 24.4. The van der Waals surface area contributed by atoms with Gasteiger partial charge in [0.25, 0.3) is 0 Å². The molecular formula is C8H18BrNO2S. The lowest BCUT2D eigenvalue weighted by atomic mass is 10.1. The molecular weight excluding hydrogens is 254 g/mol. The molecule has 0 amide bonds. The highest BCUT2D eigenvalue weighted by Crippen LogP contribution is 2.05. The second kappa shape index (κ2) is 6.79. The van der Waals surface area contributed by atoms with Crippen molar-refractivity contribution < 1.29 is 8.42 Å². The van der Waals surface area contributed by atoms with Crippen molar-refractivity contribution in [2.75, 3.05) is 11.2 Å². The fourth-order valence-corrected chi connectivity index (χ4v) is 1.96. The summed E-state index contributed by atoms with van der Waals surface area (Å²) in [5, 5.41) is 0. The maximum absolute atomic E-state index is 10.9. The lowest BCUT2D eigenvalue weighted by molar-refractivity contribution is 0.531. The van der Waals surface area contributed by atoms with E-state index >= 15 is 0 Å². The van der Waals surface area contributed by atoms with Gasteiger partial charge in [0.15, 0.2) is 0 Å². The Hall–Kier alpha value is 0.390. The first-order chi connectivity index (χ1) is 5.98. The number of unbranched alkanes of at least 4 members (excludes halogenated alkanes) is 1. The predicted molar refractivity (Wildman–Crippen MR) is 59.4 cm³/mol. The molecule has 0 aromatic rings. The van der Waals surface area contributed by atoms with Crippen LogP contribution in [0, 0.1) is 5.92 Å². The van der Waals surface area contributed by atoms with Crippen LogP contribution in [-0.4, -0.2) is 19.6 Å². The highest BCUT2D eigenvalue weighted by atomic mass is 79.9. The number of rotatable bonds is 7. The van der Waals surface area contributed by atoms with Gasteiger partial charge in [0.1, 0.15) is 4.66 Å². The highest BCUT2D eigenvalue weighted by Gasteiger charge is 2.05. The molecule has 5 heteroatoms. The molecule has 0 heterocycles. The van der Waals surface area contributed by atoms with Crippen molar-refractivity contribution in [3.05, 3.63) is 0 Å². The standard InChI is InChI=1S/C8H18BrNO2S/c1-8(2)5-3-4-6-10-13(11,12)7-9/h8,10H,3-7H2,1-2H3.